The molecule has 31 heavy (non-hydrogen) atoms. The number of nitrogens with one attached hydrogen (secondary N) is 1. The summed E-state index contributed by atoms with van der Waals surface area (Å²) in [5.41, 5.74) is 0.392. The van der Waals surface area contributed by atoms with Crippen molar-refractivity contribution >= 4 is 23.4 Å². The Hall–Kier alpha value is -2.41. The molecule has 2 saturated carbocycles. The van der Waals surface area contributed by atoms with Crippen LogP contribution in [0.25, 0.3) is 0 Å². The molecule has 1 aromatic carbocycles. The lowest BCUT2D eigenvalue weighted by atomic mass is 9.81. The maximum absolute atomic E-state index is 13.2. The number of halogens is 1. The molecule has 2 aliphatic carbocycles. The summed E-state index contributed by atoms with van der Waals surface area (Å²) >= 11 is 5.95. The van der Waals surface area contributed by atoms with Crippen LogP contribution >= 0.6 is 11.6 Å². The number of likely N-dealkylation sites (tertiary alicyclic amines) is 1. The number of carbonyl (C=O) groups excluding carboxylic acids is 2. The summed E-state index contributed by atoms with van der Waals surface area (Å²) in [6.45, 7) is 0.903. The van der Waals surface area contributed by atoms with Gasteiger partial charge in [0.2, 0.25) is 11.8 Å². The van der Waals surface area contributed by atoms with E-state index in [-0.39, 0.29) is 24.2 Å². The van der Waals surface area contributed by atoms with Crippen molar-refractivity contribution in [3.05, 3.63) is 46.6 Å². The van der Waals surface area contributed by atoms with Crippen molar-refractivity contribution in [2.75, 3.05) is 6.54 Å². The van der Waals surface area contributed by atoms with E-state index < -0.39 is 5.54 Å². The lowest BCUT2D eigenvalue weighted by Gasteiger charge is -2.35. The molecule has 1 atom stereocenters. The summed E-state index contributed by atoms with van der Waals surface area (Å²) < 4.78 is 5.64. The quantitative estimate of drug-likeness (QED) is 0.732. The molecular formula is C23H27ClN4O3. The van der Waals surface area contributed by atoms with E-state index in [4.69, 9.17) is 16.1 Å². The van der Waals surface area contributed by atoms with E-state index in [1.807, 2.05) is 24.3 Å². The predicted octanol–water partition coefficient (Wildman–Crippen LogP) is 3.92. The molecule has 2 amide bonds. The van der Waals surface area contributed by atoms with Crippen molar-refractivity contribution in [1.29, 1.82) is 0 Å². The molecule has 0 unspecified atom stereocenters. The van der Waals surface area contributed by atoms with Crippen LogP contribution < -0.4 is 5.32 Å². The molecule has 8 heteroatoms. The maximum atomic E-state index is 13.2. The van der Waals surface area contributed by atoms with E-state index in [0.29, 0.717) is 29.9 Å². The number of aromatic nitrogens is 2. The fourth-order valence-electron chi connectivity index (χ4n) is 4.73. The highest BCUT2D eigenvalue weighted by molar-refractivity contribution is 6.30. The van der Waals surface area contributed by atoms with Crippen molar-refractivity contribution in [2.24, 2.45) is 5.92 Å². The van der Waals surface area contributed by atoms with Gasteiger partial charge in [0.15, 0.2) is 5.82 Å². The number of rotatable bonds is 6. The Morgan fingerprint density at radius 3 is 2.65 bits per heavy atom. The normalized spacial score (nSPS) is 23.2. The summed E-state index contributed by atoms with van der Waals surface area (Å²) in [4.78, 5) is 32.2. The van der Waals surface area contributed by atoms with Crippen molar-refractivity contribution in [1.82, 2.24) is 20.4 Å². The summed E-state index contributed by atoms with van der Waals surface area (Å²) in [5, 5.41) is 8.08. The Kier molecular flexibility index (Phi) is 5.46. The highest BCUT2D eigenvalue weighted by Crippen LogP contribution is 2.41. The highest BCUT2D eigenvalue weighted by Gasteiger charge is 2.44. The topological polar surface area (TPSA) is 88.3 Å². The summed E-state index contributed by atoms with van der Waals surface area (Å²) in [6.07, 6.45) is 7.17. The largest absolute Gasteiger partial charge is 0.341 e. The molecule has 0 bridgehead atoms. The van der Waals surface area contributed by atoms with E-state index >= 15 is 0 Å². The zero-order valence-electron chi connectivity index (χ0n) is 17.5. The Balaban J connectivity index is 1.28. The van der Waals surface area contributed by atoms with Gasteiger partial charge in [-0.05, 0) is 43.4 Å². The van der Waals surface area contributed by atoms with Crippen LogP contribution in [0.4, 0.5) is 0 Å². The zero-order valence-corrected chi connectivity index (χ0v) is 18.2. The molecule has 3 fully saturated rings. The Morgan fingerprint density at radius 1 is 1.19 bits per heavy atom. The van der Waals surface area contributed by atoms with Crippen LogP contribution in [-0.2, 0) is 21.7 Å². The molecule has 0 spiro atoms. The lowest BCUT2D eigenvalue weighted by Crippen LogP contribution is -2.50. The smallest absolute Gasteiger partial charge is 0.252 e. The molecule has 1 N–H and O–H groups in total. The molecule has 2 heterocycles. The van der Waals surface area contributed by atoms with E-state index in [1.54, 1.807) is 4.90 Å². The minimum atomic E-state index is -0.609. The predicted molar refractivity (Wildman–Crippen MR) is 114 cm³/mol. The van der Waals surface area contributed by atoms with E-state index in [1.165, 1.54) is 0 Å². The van der Waals surface area contributed by atoms with Gasteiger partial charge in [0.1, 0.15) is 5.54 Å². The molecule has 0 radical (unpaired) electrons. The minimum absolute atomic E-state index is 0.00149. The third-order valence-corrected chi connectivity index (χ3v) is 6.99. The first-order valence-corrected chi connectivity index (χ1v) is 11.6. The van der Waals surface area contributed by atoms with Gasteiger partial charge in [0.05, 0.1) is 5.92 Å². The van der Waals surface area contributed by atoms with Gasteiger partial charge >= 0.3 is 0 Å². The Morgan fingerprint density at radius 2 is 1.94 bits per heavy atom. The number of hydrogen-bond donors (Lipinski definition) is 1. The van der Waals surface area contributed by atoms with Crippen LogP contribution in [0.5, 0.6) is 0 Å². The molecule has 1 saturated heterocycles. The number of hydrogen-bond acceptors (Lipinski definition) is 5. The van der Waals surface area contributed by atoms with Crippen molar-refractivity contribution < 1.29 is 14.1 Å². The SMILES string of the molecule is O=C(NC1(c2nc(C3CC3)no2)CCCCC1)[C@@H]1CC(=O)N(Cc2ccc(Cl)cc2)C1. The minimum Gasteiger partial charge on any atom is -0.341 e. The number of benzene rings is 1. The summed E-state index contributed by atoms with van der Waals surface area (Å²) in [5.74, 6) is 1.23. The van der Waals surface area contributed by atoms with Gasteiger partial charge in [-0.1, -0.05) is 48.2 Å². The van der Waals surface area contributed by atoms with E-state index in [2.05, 4.69) is 15.5 Å². The van der Waals surface area contributed by atoms with Crippen LogP contribution in [0.2, 0.25) is 5.02 Å². The molecule has 3 aliphatic rings. The number of carbonyl (C=O) groups is 2. The van der Waals surface area contributed by atoms with Crippen molar-refractivity contribution in [2.45, 2.75) is 69.4 Å². The van der Waals surface area contributed by atoms with Crippen molar-refractivity contribution in [3.8, 4) is 0 Å². The van der Waals surface area contributed by atoms with Crippen LogP contribution in [0.15, 0.2) is 28.8 Å². The van der Waals surface area contributed by atoms with E-state index in [0.717, 1.165) is 56.3 Å². The third-order valence-electron chi connectivity index (χ3n) is 6.74. The van der Waals surface area contributed by atoms with Gasteiger partial charge in [-0.25, -0.2) is 0 Å². The monoisotopic (exact) mass is 442 g/mol. The number of nitrogens with zero attached hydrogens (tertiary/aromatic N) is 3. The fourth-order valence-corrected chi connectivity index (χ4v) is 4.86. The van der Waals surface area contributed by atoms with E-state index in [9.17, 15) is 9.59 Å². The molecule has 1 aliphatic heterocycles. The number of amides is 2. The average Bonchev–Trinajstić information content (AvgIpc) is 3.38. The third kappa shape index (κ3) is 4.33. The average molecular weight is 443 g/mol. The molecule has 164 valence electrons. The van der Waals surface area contributed by atoms with Gasteiger partial charge in [0, 0.05) is 30.5 Å². The van der Waals surface area contributed by atoms with Crippen LogP contribution in [0.1, 0.15) is 74.6 Å². The second-order valence-electron chi connectivity index (χ2n) is 9.17. The summed E-state index contributed by atoms with van der Waals surface area (Å²) in [6, 6.07) is 7.45. The standard InChI is InChI=1S/C23H27ClN4O3/c24-18-8-4-15(5-9-18)13-28-14-17(12-19(28)29)21(30)26-23(10-2-1-3-11-23)22-25-20(27-31-22)16-6-7-16/h4-5,8-9,16-17H,1-3,6-7,10-14H2,(H,26,30)/t17-/m1/s1. The zero-order chi connectivity index (χ0) is 21.4. The molecule has 5 rings (SSSR count). The van der Waals surface area contributed by atoms with Crippen molar-refractivity contribution in [3.63, 3.8) is 0 Å². The van der Waals surface area contributed by atoms with Gasteiger partial charge in [-0.3, -0.25) is 9.59 Å². The molecule has 1 aromatic heterocycles. The summed E-state index contributed by atoms with van der Waals surface area (Å²) in [7, 11) is 0. The Labute approximate surface area is 186 Å². The van der Waals surface area contributed by atoms with Gasteiger partial charge < -0.3 is 14.7 Å². The molecule has 2 aromatic rings. The lowest BCUT2D eigenvalue weighted by molar-refractivity contribution is -0.130. The Bertz CT molecular complexity index is 963. The second-order valence-corrected chi connectivity index (χ2v) is 9.60. The first kappa shape index (κ1) is 20.5. The second kappa shape index (κ2) is 8.26. The van der Waals surface area contributed by atoms with Gasteiger partial charge in [0.25, 0.3) is 5.89 Å². The van der Waals surface area contributed by atoms with Gasteiger partial charge in [-0.2, -0.15) is 4.98 Å². The van der Waals surface area contributed by atoms with Gasteiger partial charge in [-0.15, -0.1) is 0 Å². The first-order chi connectivity index (χ1) is 15.0. The van der Waals surface area contributed by atoms with Crippen LogP contribution in [0.3, 0.4) is 0 Å². The fraction of sp³-hybridized carbons (Fsp3) is 0.565. The molecular weight excluding hydrogens is 416 g/mol. The maximum Gasteiger partial charge on any atom is 0.252 e. The van der Waals surface area contributed by atoms with Crippen LogP contribution in [-0.4, -0.2) is 33.4 Å². The highest BCUT2D eigenvalue weighted by atomic mass is 35.5. The first-order valence-electron chi connectivity index (χ1n) is 11.2. The molecule has 7 nitrogen and oxygen atoms in total. The van der Waals surface area contributed by atoms with Crippen LogP contribution in [0, 0.1) is 5.92 Å².